The van der Waals surface area contributed by atoms with E-state index < -0.39 is 0 Å². The Morgan fingerprint density at radius 1 is 1.09 bits per heavy atom. The Balaban J connectivity index is 1.58. The lowest BCUT2D eigenvalue weighted by atomic mass is 9.84. The summed E-state index contributed by atoms with van der Waals surface area (Å²) in [7, 11) is 0. The fourth-order valence-corrected chi connectivity index (χ4v) is 6.07. The lowest BCUT2D eigenvalue weighted by Crippen LogP contribution is -2.46. The van der Waals surface area contributed by atoms with Gasteiger partial charge in [0.2, 0.25) is 0 Å². The average molecular weight is 464 g/mol. The van der Waals surface area contributed by atoms with Crippen LogP contribution in [0.15, 0.2) is 42.5 Å². The summed E-state index contributed by atoms with van der Waals surface area (Å²) in [6, 6.07) is 16.2. The van der Waals surface area contributed by atoms with Crippen LogP contribution in [0.3, 0.4) is 0 Å². The highest BCUT2D eigenvalue weighted by atomic mass is 32.1. The monoisotopic (exact) mass is 463 g/mol. The number of anilines is 2. The molecule has 1 heterocycles. The molecule has 0 radical (unpaired) electrons. The molecule has 2 aliphatic rings. The van der Waals surface area contributed by atoms with Gasteiger partial charge in [-0.15, -0.1) is 0 Å². The molecule has 33 heavy (non-hydrogen) atoms. The van der Waals surface area contributed by atoms with E-state index in [1.54, 1.807) is 0 Å². The largest absolute Gasteiger partial charge is 0.371 e. The molecule has 0 saturated heterocycles. The minimum Gasteiger partial charge on any atom is -0.371 e. The topological polar surface area (TPSA) is 18.5 Å². The van der Waals surface area contributed by atoms with E-state index in [1.165, 1.54) is 73.9 Å². The molecule has 178 valence electrons. The maximum Gasteiger partial charge on any atom is 0.173 e. The Bertz CT molecular complexity index is 940. The van der Waals surface area contributed by atoms with Crippen LogP contribution in [-0.2, 0) is 19.4 Å². The highest BCUT2D eigenvalue weighted by molar-refractivity contribution is 7.80. The maximum absolute atomic E-state index is 6.08. The van der Waals surface area contributed by atoms with Crippen molar-refractivity contribution in [2.45, 2.75) is 84.7 Å². The van der Waals surface area contributed by atoms with Crippen LogP contribution in [0.4, 0.5) is 11.4 Å². The first-order valence-electron chi connectivity index (χ1n) is 13.1. The first-order valence-corrected chi connectivity index (χ1v) is 13.5. The summed E-state index contributed by atoms with van der Waals surface area (Å²) in [4.78, 5) is 5.07. The van der Waals surface area contributed by atoms with E-state index in [2.05, 4.69) is 78.4 Å². The zero-order chi connectivity index (χ0) is 23.2. The number of nitrogens with one attached hydrogen (secondary N) is 1. The summed E-state index contributed by atoms with van der Waals surface area (Å²) in [5.41, 5.74) is 6.82. The number of aryl methyl sites for hydroxylation is 2. The van der Waals surface area contributed by atoms with Crippen LogP contribution in [0.25, 0.3) is 0 Å². The van der Waals surface area contributed by atoms with Crippen molar-refractivity contribution in [3.8, 4) is 0 Å². The van der Waals surface area contributed by atoms with E-state index in [0.717, 1.165) is 30.3 Å². The molecule has 1 N–H and O–H groups in total. The summed E-state index contributed by atoms with van der Waals surface area (Å²) in [6.07, 6.45) is 9.83. The second kappa shape index (κ2) is 11.4. The zero-order valence-corrected chi connectivity index (χ0v) is 21.6. The van der Waals surface area contributed by atoms with Crippen LogP contribution in [0.5, 0.6) is 0 Å². The zero-order valence-electron chi connectivity index (χ0n) is 20.8. The number of thiocarbonyl (C=S) groups is 1. The van der Waals surface area contributed by atoms with Crippen molar-refractivity contribution >= 4 is 28.7 Å². The molecule has 1 aliphatic heterocycles. The molecule has 0 unspecified atom stereocenters. The van der Waals surface area contributed by atoms with Crippen molar-refractivity contribution in [1.82, 2.24) is 4.90 Å². The molecule has 1 fully saturated rings. The normalized spacial score (nSPS) is 20.3. The fourth-order valence-electron chi connectivity index (χ4n) is 5.76. The third-order valence-electron chi connectivity index (χ3n) is 7.57. The van der Waals surface area contributed by atoms with Gasteiger partial charge in [-0.25, -0.2) is 0 Å². The van der Waals surface area contributed by atoms with E-state index in [4.69, 9.17) is 12.2 Å². The number of benzene rings is 2. The molecule has 3 nitrogen and oxygen atoms in total. The Morgan fingerprint density at radius 3 is 2.70 bits per heavy atom. The van der Waals surface area contributed by atoms with Gasteiger partial charge in [0, 0.05) is 37.1 Å². The molecule has 0 aromatic heterocycles. The highest BCUT2D eigenvalue weighted by Crippen LogP contribution is 2.32. The number of hydrogen-bond acceptors (Lipinski definition) is 2. The molecule has 1 saturated carbocycles. The van der Waals surface area contributed by atoms with E-state index in [9.17, 15) is 0 Å². The summed E-state index contributed by atoms with van der Waals surface area (Å²) in [6.45, 7) is 10.1. The standard InChI is InChI=1S/C29H41N3S/c1-4-18-31-19-10-13-25-20-23(16-17-28(25)31)21-32(27-15-9-6-11-22(27)3)29(33)30-26-14-8-7-12-24(26)5-2/h7-8,12,14,16-17,20,22,27H,4-6,9-11,13,15,18-19,21H2,1-3H3,(H,30,33)/t22-,27-/m1/s1. The molecule has 2 atom stereocenters. The number of para-hydroxylation sites is 1. The van der Waals surface area contributed by atoms with Crippen LogP contribution < -0.4 is 10.2 Å². The van der Waals surface area contributed by atoms with Crippen LogP contribution >= 0.6 is 12.2 Å². The predicted octanol–water partition coefficient (Wildman–Crippen LogP) is 7.19. The van der Waals surface area contributed by atoms with Gasteiger partial charge >= 0.3 is 0 Å². The molecule has 4 rings (SSSR count). The summed E-state index contributed by atoms with van der Waals surface area (Å²) < 4.78 is 0. The van der Waals surface area contributed by atoms with E-state index >= 15 is 0 Å². The Hall–Kier alpha value is -2.07. The van der Waals surface area contributed by atoms with E-state index in [0.29, 0.717) is 12.0 Å². The first kappa shape index (κ1) is 24.1. The van der Waals surface area contributed by atoms with Crippen LogP contribution in [0.2, 0.25) is 0 Å². The second-order valence-electron chi connectivity index (χ2n) is 9.95. The van der Waals surface area contributed by atoms with Crippen LogP contribution in [-0.4, -0.2) is 29.1 Å². The Kier molecular flexibility index (Phi) is 8.29. The molecular formula is C29H41N3S. The predicted molar refractivity (Wildman–Crippen MR) is 146 cm³/mol. The summed E-state index contributed by atoms with van der Waals surface area (Å²) in [5, 5.41) is 4.51. The van der Waals surface area contributed by atoms with Crippen LogP contribution in [0, 0.1) is 5.92 Å². The second-order valence-corrected chi connectivity index (χ2v) is 10.3. The molecule has 1 aliphatic carbocycles. The lowest BCUT2D eigenvalue weighted by molar-refractivity contribution is 0.177. The van der Waals surface area contributed by atoms with E-state index in [1.807, 2.05) is 0 Å². The minimum absolute atomic E-state index is 0.500. The number of nitrogens with zero attached hydrogens (tertiary/aromatic N) is 2. The minimum atomic E-state index is 0.500. The van der Waals surface area contributed by atoms with Gasteiger partial charge in [-0.05, 0) is 85.5 Å². The molecular weight excluding hydrogens is 422 g/mol. The van der Waals surface area contributed by atoms with Gasteiger partial charge < -0.3 is 15.1 Å². The smallest absolute Gasteiger partial charge is 0.173 e. The van der Waals surface area contributed by atoms with Crippen molar-refractivity contribution in [2.24, 2.45) is 5.92 Å². The lowest BCUT2D eigenvalue weighted by Gasteiger charge is -2.40. The fraction of sp³-hybridized carbons (Fsp3) is 0.552. The maximum atomic E-state index is 6.08. The molecule has 2 aromatic carbocycles. The number of hydrogen-bond donors (Lipinski definition) is 1. The number of fused-ring (bicyclic) bond motifs is 1. The van der Waals surface area contributed by atoms with E-state index in [-0.39, 0.29) is 0 Å². The average Bonchev–Trinajstić information content (AvgIpc) is 2.83. The van der Waals surface area contributed by atoms with Gasteiger partial charge in [-0.2, -0.15) is 0 Å². The SMILES string of the molecule is CCCN1CCCc2cc(CN(C(=S)Nc3ccccc3CC)[C@@H]3CCCC[C@H]3C)ccc21. The molecule has 4 heteroatoms. The van der Waals surface area contributed by atoms with Crippen molar-refractivity contribution in [3.63, 3.8) is 0 Å². The van der Waals surface area contributed by atoms with Gasteiger partial charge in [0.05, 0.1) is 0 Å². The molecule has 0 bridgehead atoms. The molecule has 2 aromatic rings. The van der Waals surface area contributed by atoms with Gasteiger partial charge in [0.15, 0.2) is 5.11 Å². The summed E-state index contributed by atoms with van der Waals surface area (Å²) in [5.74, 6) is 0.664. The van der Waals surface area contributed by atoms with Crippen molar-refractivity contribution in [2.75, 3.05) is 23.3 Å². The van der Waals surface area contributed by atoms with Gasteiger partial charge in [-0.1, -0.05) is 63.9 Å². The third kappa shape index (κ3) is 5.71. The third-order valence-corrected chi connectivity index (χ3v) is 7.91. The van der Waals surface area contributed by atoms with Gasteiger partial charge in [0.1, 0.15) is 0 Å². The Morgan fingerprint density at radius 2 is 1.91 bits per heavy atom. The van der Waals surface area contributed by atoms with Crippen LogP contribution in [0.1, 0.15) is 76.0 Å². The summed E-state index contributed by atoms with van der Waals surface area (Å²) >= 11 is 6.08. The van der Waals surface area contributed by atoms with Crippen molar-refractivity contribution in [3.05, 3.63) is 59.2 Å². The molecule has 0 amide bonds. The molecule has 0 spiro atoms. The quantitative estimate of drug-likeness (QED) is 0.438. The van der Waals surface area contributed by atoms with Crippen molar-refractivity contribution < 1.29 is 0 Å². The first-order chi connectivity index (χ1) is 16.1. The van der Waals surface area contributed by atoms with Gasteiger partial charge in [-0.3, -0.25) is 0 Å². The Labute approximate surface area is 206 Å². The highest BCUT2D eigenvalue weighted by Gasteiger charge is 2.29. The van der Waals surface area contributed by atoms with Gasteiger partial charge in [0.25, 0.3) is 0 Å². The number of rotatable bonds is 7. The van der Waals surface area contributed by atoms with Crippen molar-refractivity contribution in [1.29, 1.82) is 0 Å².